The van der Waals surface area contributed by atoms with Gasteiger partial charge in [-0.2, -0.15) is 0 Å². The molecule has 0 radical (unpaired) electrons. The maximum Gasteiger partial charge on any atom is 0.112 e. The fraction of sp³-hybridized carbons (Fsp3) is 0.364. The molecule has 1 saturated heterocycles. The zero-order chi connectivity index (χ0) is 11.5. The minimum absolute atomic E-state index is 0.601. The standard InChI is InChI=1S/C11H11Cl2NOS/c12-8-2-1-3-9(13)10(8)11(16)14-4-6-15-7-5-14/h1-3H,4-7H2. The Balaban J connectivity index is 2.26. The summed E-state index contributed by atoms with van der Waals surface area (Å²) in [5.74, 6) is 0. The monoisotopic (exact) mass is 275 g/mol. The average Bonchev–Trinajstić information content (AvgIpc) is 2.30. The Morgan fingerprint density at radius 2 is 1.75 bits per heavy atom. The Kier molecular flexibility index (Phi) is 4.03. The van der Waals surface area contributed by atoms with Crippen LogP contribution in [-0.4, -0.2) is 36.2 Å². The quantitative estimate of drug-likeness (QED) is 0.732. The molecule has 1 aliphatic heterocycles. The first-order chi connectivity index (χ1) is 7.70. The molecule has 86 valence electrons. The molecule has 0 N–H and O–H groups in total. The van der Waals surface area contributed by atoms with E-state index in [0.717, 1.165) is 18.7 Å². The average molecular weight is 276 g/mol. The Morgan fingerprint density at radius 3 is 2.31 bits per heavy atom. The van der Waals surface area contributed by atoms with Crippen LogP contribution in [0.15, 0.2) is 18.2 Å². The van der Waals surface area contributed by atoms with E-state index in [-0.39, 0.29) is 0 Å². The number of nitrogens with zero attached hydrogens (tertiary/aromatic N) is 1. The maximum atomic E-state index is 6.11. The molecule has 0 spiro atoms. The number of hydrogen-bond donors (Lipinski definition) is 0. The highest BCUT2D eigenvalue weighted by molar-refractivity contribution is 7.80. The van der Waals surface area contributed by atoms with Gasteiger partial charge >= 0.3 is 0 Å². The van der Waals surface area contributed by atoms with Gasteiger partial charge in [-0.3, -0.25) is 0 Å². The molecular formula is C11H11Cl2NOS. The molecule has 5 heteroatoms. The molecule has 16 heavy (non-hydrogen) atoms. The Bertz CT molecular complexity index is 385. The molecule has 0 saturated carbocycles. The van der Waals surface area contributed by atoms with E-state index in [2.05, 4.69) is 4.90 Å². The lowest BCUT2D eigenvalue weighted by Crippen LogP contribution is -2.40. The molecule has 2 rings (SSSR count). The lowest BCUT2D eigenvalue weighted by atomic mass is 10.2. The van der Waals surface area contributed by atoms with E-state index in [1.807, 2.05) is 6.07 Å². The molecule has 1 fully saturated rings. The van der Waals surface area contributed by atoms with Crippen LogP contribution in [0.3, 0.4) is 0 Å². The highest BCUT2D eigenvalue weighted by atomic mass is 35.5. The van der Waals surface area contributed by atoms with Crippen LogP contribution in [-0.2, 0) is 4.74 Å². The molecular weight excluding hydrogens is 265 g/mol. The summed E-state index contributed by atoms with van der Waals surface area (Å²) in [4.78, 5) is 2.78. The number of thiocarbonyl (C=S) groups is 1. The minimum Gasteiger partial charge on any atom is -0.378 e. The van der Waals surface area contributed by atoms with Crippen molar-refractivity contribution >= 4 is 40.4 Å². The summed E-state index contributed by atoms with van der Waals surface area (Å²) in [5, 5.41) is 1.20. The normalized spacial score (nSPS) is 16.2. The van der Waals surface area contributed by atoms with Gasteiger partial charge < -0.3 is 9.64 Å². The summed E-state index contributed by atoms with van der Waals surface area (Å²) in [6.45, 7) is 2.98. The summed E-state index contributed by atoms with van der Waals surface area (Å²) in [7, 11) is 0. The van der Waals surface area contributed by atoms with Gasteiger partial charge in [0, 0.05) is 18.7 Å². The van der Waals surface area contributed by atoms with Crippen LogP contribution in [0.2, 0.25) is 10.0 Å². The first kappa shape index (κ1) is 12.1. The zero-order valence-electron chi connectivity index (χ0n) is 8.58. The predicted molar refractivity (Wildman–Crippen MR) is 70.6 cm³/mol. The lowest BCUT2D eigenvalue weighted by molar-refractivity contribution is 0.0693. The number of benzene rings is 1. The molecule has 0 bridgehead atoms. The SMILES string of the molecule is S=C(c1c(Cl)cccc1Cl)N1CCOCC1. The van der Waals surface area contributed by atoms with E-state index in [9.17, 15) is 0 Å². The molecule has 0 aromatic heterocycles. The van der Waals surface area contributed by atoms with Crippen molar-refractivity contribution in [2.75, 3.05) is 26.3 Å². The Morgan fingerprint density at radius 1 is 1.19 bits per heavy atom. The van der Waals surface area contributed by atoms with Crippen molar-refractivity contribution in [1.29, 1.82) is 0 Å². The fourth-order valence-electron chi connectivity index (χ4n) is 1.63. The van der Waals surface area contributed by atoms with Crippen LogP contribution in [0, 0.1) is 0 Å². The van der Waals surface area contributed by atoms with Gasteiger partial charge in [0.2, 0.25) is 0 Å². The van der Waals surface area contributed by atoms with Gasteiger partial charge in [0.25, 0.3) is 0 Å². The van der Waals surface area contributed by atoms with Crippen molar-refractivity contribution < 1.29 is 4.74 Å². The molecule has 1 aromatic rings. The first-order valence-corrected chi connectivity index (χ1v) is 6.17. The van der Waals surface area contributed by atoms with E-state index in [0.29, 0.717) is 28.2 Å². The van der Waals surface area contributed by atoms with Gasteiger partial charge in [-0.25, -0.2) is 0 Å². The van der Waals surface area contributed by atoms with Crippen LogP contribution < -0.4 is 0 Å². The van der Waals surface area contributed by atoms with Crippen molar-refractivity contribution in [3.63, 3.8) is 0 Å². The second-order valence-electron chi connectivity index (χ2n) is 3.50. The number of morpholine rings is 1. The van der Waals surface area contributed by atoms with Gasteiger partial charge in [0.15, 0.2) is 0 Å². The van der Waals surface area contributed by atoms with E-state index in [4.69, 9.17) is 40.2 Å². The second-order valence-corrected chi connectivity index (χ2v) is 4.70. The van der Waals surface area contributed by atoms with Crippen molar-refractivity contribution in [3.8, 4) is 0 Å². The van der Waals surface area contributed by atoms with Crippen molar-refractivity contribution in [2.24, 2.45) is 0 Å². The third-order valence-electron chi connectivity index (χ3n) is 2.47. The van der Waals surface area contributed by atoms with Gasteiger partial charge in [0.05, 0.1) is 23.3 Å². The van der Waals surface area contributed by atoms with Gasteiger partial charge in [-0.1, -0.05) is 41.5 Å². The lowest BCUT2D eigenvalue weighted by Gasteiger charge is -2.29. The first-order valence-electron chi connectivity index (χ1n) is 5.01. The molecule has 1 heterocycles. The van der Waals surface area contributed by atoms with Gasteiger partial charge in [0.1, 0.15) is 4.99 Å². The van der Waals surface area contributed by atoms with Crippen LogP contribution in [0.1, 0.15) is 5.56 Å². The maximum absolute atomic E-state index is 6.11. The number of halogens is 2. The van der Waals surface area contributed by atoms with Crippen LogP contribution >= 0.6 is 35.4 Å². The summed E-state index contributed by atoms with van der Waals surface area (Å²) in [5.41, 5.74) is 0.753. The van der Waals surface area contributed by atoms with Crippen LogP contribution in [0.25, 0.3) is 0 Å². The molecule has 1 aliphatic rings. The molecule has 0 amide bonds. The van der Waals surface area contributed by atoms with E-state index < -0.39 is 0 Å². The Labute approximate surface area is 110 Å². The van der Waals surface area contributed by atoms with Crippen LogP contribution in [0.4, 0.5) is 0 Å². The zero-order valence-corrected chi connectivity index (χ0v) is 10.9. The second kappa shape index (κ2) is 5.32. The summed E-state index contributed by atoms with van der Waals surface area (Å²) < 4.78 is 5.28. The predicted octanol–water partition coefficient (Wildman–Crippen LogP) is 3.00. The van der Waals surface area contributed by atoms with Crippen molar-refractivity contribution in [2.45, 2.75) is 0 Å². The largest absolute Gasteiger partial charge is 0.378 e. The van der Waals surface area contributed by atoms with E-state index in [1.54, 1.807) is 12.1 Å². The summed E-state index contributed by atoms with van der Waals surface area (Å²) in [6.07, 6.45) is 0. The molecule has 2 nitrogen and oxygen atoms in total. The van der Waals surface area contributed by atoms with Gasteiger partial charge in [-0.15, -0.1) is 0 Å². The number of ether oxygens (including phenoxy) is 1. The molecule has 0 aliphatic carbocycles. The summed E-state index contributed by atoms with van der Waals surface area (Å²) in [6, 6.07) is 5.42. The Hall–Kier alpha value is -0.350. The fourth-order valence-corrected chi connectivity index (χ4v) is 2.72. The third kappa shape index (κ3) is 2.48. The van der Waals surface area contributed by atoms with E-state index >= 15 is 0 Å². The van der Waals surface area contributed by atoms with Crippen molar-refractivity contribution in [3.05, 3.63) is 33.8 Å². The molecule has 0 atom stereocenters. The minimum atomic E-state index is 0.601. The smallest absolute Gasteiger partial charge is 0.112 e. The van der Waals surface area contributed by atoms with Crippen molar-refractivity contribution in [1.82, 2.24) is 4.90 Å². The molecule has 0 unspecified atom stereocenters. The number of hydrogen-bond acceptors (Lipinski definition) is 2. The number of rotatable bonds is 1. The highest BCUT2D eigenvalue weighted by Crippen LogP contribution is 2.26. The highest BCUT2D eigenvalue weighted by Gasteiger charge is 2.19. The third-order valence-corrected chi connectivity index (χ3v) is 3.57. The summed E-state index contributed by atoms with van der Waals surface area (Å²) >= 11 is 17.6. The van der Waals surface area contributed by atoms with Crippen LogP contribution in [0.5, 0.6) is 0 Å². The van der Waals surface area contributed by atoms with E-state index in [1.165, 1.54) is 0 Å². The van der Waals surface area contributed by atoms with Gasteiger partial charge in [-0.05, 0) is 12.1 Å². The topological polar surface area (TPSA) is 12.5 Å². The molecule has 1 aromatic carbocycles.